The molecule has 3 aromatic rings. The molecule has 0 bridgehead atoms. The number of benzene rings is 1. The first-order chi connectivity index (χ1) is 13.2. The molecule has 0 aliphatic heterocycles. The minimum Gasteiger partial charge on any atom is -0.444 e. The van der Waals surface area contributed by atoms with E-state index in [9.17, 15) is 4.79 Å². The second-order valence-electron chi connectivity index (χ2n) is 7.17. The number of carbonyl (C=O) groups is 1. The first-order valence-corrected chi connectivity index (χ1v) is 9.40. The Morgan fingerprint density at radius 1 is 1.14 bits per heavy atom. The molecule has 3 rings (SSSR count). The van der Waals surface area contributed by atoms with E-state index in [-0.39, 0.29) is 6.54 Å². The molecule has 0 aliphatic rings. The molecule has 0 saturated heterocycles. The summed E-state index contributed by atoms with van der Waals surface area (Å²) in [5.74, 6) is 0. The third kappa shape index (κ3) is 5.03. The van der Waals surface area contributed by atoms with Crippen molar-refractivity contribution in [1.29, 1.82) is 0 Å². The zero-order valence-corrected chi connectivity index (χ0v) is 17.2. The quantitative estimate of drug-likeness (QED) is 0.588. The molecule has 0 unspecified atom stereocenters. The molecule has 146 valence electrons. The highest BCUT2D eigenvalue weighted by atomic mass is 35.5. The van der Waals surface area contributed by atoms with Crippen molar-refractivity contribution in [2.45, 2.75) is 32.9 Å². The van der Waals surface area contributed by atoms with Gasteiger partial charge < -0.3 is 10.1 Å². The average molecular weight is 419 g/mol. The summed E-state index contributed by atoms with van der Waals surface area (Å²) in [6.07, 6.45) is 2.93. The highest BCUT2D eigenvalue weighted by Crippen LogP contribution is 2.32. The summed E-state index contributed by atoms with van der Waals surface area (Å²) in [5, 5.41) is 10.9. The molecular weight excluding hydrogens is 399 g/mol. The number of halogens is 2. The molecule has 0 fully saturated rings. The van der Waals surface area contributed by atoms with Crippen molar-refractivity contribution in [3.63, 3.8) is 0 Å². The lowest BCUT2D eigenvalue weighted by atomic mass is 10.0. The van der Waals surface area contributed by atoms with Crippen LogP contribution in [0, 0.1) is 0 Å². The van der Waals surface area contributed by atoms with E-state index < -0.39 is 11.7 Å². The van der Waals surface area contributed by atoms with E-state index in [1.54, 1.807) is 24.5 Å². The number of carbonyl (C=O) groups excluding carboxylic acids is 1. The van der Waals surface area contributed by atoms with Crippen molar-refractivity contribution in [1.82, 2.24) is 20.5 Å². The van der Waals surface area contributed by atoms with Crippen molar-refractivity contribution < 1.29 is 9.53 Å². The van der Waals surface area contributed by atoms with Crippen LogP contribution in [0.15, 0.2) is 42.7 Å². The van der Waals surface area contributed by atoms with Gasteiger partial charge in [0.2, 0.25) is 0 Å². The lowest BCUT2D eigenvalue weighted by Crippen LogP contribution is -2.32. The minimum absolute atomic E-state index is 0.249. The Balaban J connectivity index is 1.92. The van der Waals surface area contributed by atoms with E-state index in [1.807, 2.05) is 39.0 Å². The number of aromatic amines is 1. The van der Waals surface area contributed by atoms with Gasteiger partial charge in [0.1, 0.15) is 5.60 Å². The van der Waals surface area contributed by atoms with E-state index >= 15 is 0 Å². The molecule has 0 atom stereocenters. The number of nitrogens with one attached hydrogen (secondary N) is 2. The van der Waals surface area contributed by atoms with Gasteiger partial charge in [-0.1, -0.05) is 23.2 Å². The molecule has 1 aromatic carbocycles. The molecular formula is C20H20Cl2N4O2. The third-order valence-corrected chi connectivity index (χ3v) is 4.34. The molecule has 0 aliphatic carbocycles. The lowest BCUT2D eigenvalue weighted by Gasteiger charge is -2.20. The van der Waals surface area contributed by atoms with Crippen LogP contribution in [0.1, 0.15) is 26.3 Å². The number of ether oxygens (including phenoxy) is 1. The molecule has 0 radical (unpaired) electrons. The first-order valence-electron chi connectivity index (χ1n) is 8.64. The Kier molecular flexibility index (Phi) is 5.91. The second kappa shape index (κ2) is 8.20. The van der Waals surface area contributed by atoms with Crippen LogP contribution in [0.5, 0.6) is 0 Å². The van der Waals surface area contributed by atoms with E-state index in [2.05, 4.69) is 20.5 Å². The van der Waals surface area contributed by atoms with Crippen molar-refractivity contribution in [2.75, 3.05) is 0 Å². The van der Waals surface area contributed by atoms with Gasteiger partial charge in [-0.2, -0.15) is 5.10 Å². The number of amides is 1. The summed E-state index contributed by atoms with van der Waals surface area (Å²) < 4.78 is 5.29. The number of alkyl carbamates (subject to hydrolysis) is 1. The standard InChI is InChI=1S/C20H20Cl2N4O2/c1-20(2,3)28-19(27)24-11-12-10-23-18(9-15(12)17-6-7-25-26-17)14-5-4-13(21)8-16(14)22/h4-10H,11H2,1-3H3,(H,24,27)(H,25,26). The zero-order valence-electron chi connectivity index (χ0n) is 15.7. The van der Waals surface area contributed by atoms with Gasteiger partial charge in [-0.25, -0.2) is 4.79 Å². The summed E-state index contributed by atoms with van der Waals surface area (Å²) in [6, 6.07) is 8.99. The minimum atomic E-state index is -0.567. The zero-order chi connectivity index (χ0) is 20.3. The fraction of sp³-hybridized carbons (Fsp3) is 0.250. The average Bonchev–Trinajstić information content (AvgIpc) is 3.13. The summed E-state index contributed by atoms with van der Waals surface area (Å²) in [7, 11) is 0. The monoisotopic (exact) mass is 418 g/mol. The Hall–Kier alpha value is -2.57. The SMILES string of the molecule is CC(C)(C)OC(=O)NCc1cnc(-c2ccc(Cl)cc2Cl)cc1-c1cc[nH]n1. The summed E-state index contributed by atoms with van der Waals surface area (Å²) in [6.45, 7) is 5.69. The van der Waals surface area contributed by atoms with Crippen LogP contribution >= 0.6 is 23.2 Å². The highest BCUT2D eigenvalue weighted by molar-refractivity contribution is 6.36. The number of aromatic nitrogens is 3. The van der Waals surface area contributed by atoms with Gasteiger partial charge >= 0.3 is 6.09 Å². The lowest BCUT2D eigenvalue weighted by molar-refractivity contribution is 0.0523. The summed E-state index contributed by atoms with van der Waals surface area (Å²) in [5.41, 5.74) is 3.23. The Morgan fingerprint density at radius 2 is 1.93 bits per heavy atom. The van der Waals surface area contributed by atoms with Crippen molar-refractivity contribution in [2.24, 2.45) is 0 Å². The van der Waals surface area contributed by atoms with Crippen molar-refractivity contribution in [3.05, 3.63) is 58.3 Å². The van der Waals surface area contributed by atoms with Crippen LogP contribution in [0.25, 0.3) is 22.5 Å². The number of rotatable bonds is 4. The largest absolute Gasteiger partial charge is 0.444 e. The van der Waals surface area contributed by atoms with E-state index in [1.165, 1.54) is 0 Å². The fourth-order valence-electron chi connectivity index (χ4n) is 2.60. The van der Waals surface area contributed by atoms with Crippen LogP contribution in [0.4, 0.5) is 4.79 Å². The van der Waals surface area contributed by atoms with E-state index in [4.69, 9.17) is 27.9 Å². The maximum Gasteiger partial charge on any atom is 0.407 e. The molecule has 8 heteroatoms. The number of H-pyrrole nitrogens is 1. The van der Waals surface area contributed by atoms with Crippen LogP contribution in [0.2, 0.25) is 10.0 Å². The van der Waals surface area contributed by atoms with Crippen LogP contribution < -0.4 is 5.32 Å². The van der Waals surface area contributed by atoms with Gasteiger partial charge in [0.05, 0.1) is 16.4 Å². The van der Waals surface area contributed by atoms with Gasteiger partial charge in [-0.05, 0) is 56.7 Å². The topological polar surface area (TPSA) is 79.9 Å². The predicted octanol–water partition coefficient (Wildman–Crippen LogP) is 5.47. The van der Waals surface area contributed by atoms with Crippen molar-refractivity contribution in [3.8, 4) is 22.5 Å². The molecule has 1 amide bonds. The molecule has 0 spiro atoms. The Bertz CT molecular complexity index is 982. The van der Waals surface area contributed by atoms with Gasteiger partial charge in [0, 0.05) is 35.1 Å². The van der Waals surface area contributed by atoms with Crippen LogP contribution in [-0.4, -0.2) is 26.9 Å². The molecule has 2 heterocycles. The van der Waals surface area contributed by atoms with E-state index in [0.29, 0.717) is 15.7 Å². The molecule has 2 aromatic heterocycles. The van der Waals surface area contributed by atoms with Gasteiger partial charge in [0.15, 0.2) is 0 Å². The third-order valence-electron chi connectivity index (χ3n) is 3.79. The van der Waals surface area contributed by atoms with Gasteiger partial charge in [0.25, 0.3) is 0 Å². The second-order valence-corrected chi connectivity index (χ2v) is 8.01. The number of pyridine rings is 1. The maximum atomic E-state index is 12.0. The van der Waals surface area contributed by atoms with Crippen LogP contribution in [-0.2, 0) is 11.3 Å². The predicted molar refractivity (Wildman–Crippen MR) is 110 cm³/mol. The molecule has 28 heavy (non-hydrogen) atoms. The van der Waals surface area contributed by atoms with E-state index in [0.717, 1.165) is 22.4 Å². The summed E-state index contributed by atoms with van der Waals surface area (Å²) in [4.78, 5) is 16.5. The Labute approximate surface area is 173 Å². The van der Waals surface area contributed by atoms with Crippen molar-refractivity contribution >= 4 is 29.3 Å². The van der Waals surface area contributed by atoms with Gasteiger partial charge in [-0.3, -0.25) is 10.1 Å². The van der Waals surface area contributed by atoms with Gasteiger partial charge in [-0.15, -0.1) is 0 Å². The number of hydrogen-bond acceptors (Lipinski definition) is 4. The molecule has 2 N–H and O–H groups in total. The normalized spacial score (nSPS) is 11.3. The summed E-state index contributed by atoms with van der Waals surface area (Å²) >= 11 is 12.3. The smallest absolute Gasteiger partial charge is 0.407 e. The van der Waals surface area contributed by atoms with Crippen LogP contribution in [0.3, 0.4) is 0 Å². The number of hydrogen-bond donors (Lipinski definition) is 2. The fourth-order valence-corrected chi connectivity index (χ4v) is 3.10. The molecule has 6 nitrogen and oxygen atoms in total. The highest BCUT2D eigenvalue weighted by Gasteiger charge is 2.17. The maximum absolute atomic E-state index is 12.0. The first kappa shape index (κ1) is 20.2. The Morgan fingerprint density at radius 3 is 2.57 bits per heavy atom. The molecule has 0 saturated carbocycles. The number of nitrogens with zero attached hydrogens (tertiary/aromatic N) is 2.